The molecule has 6 atom stereocenters. The normalized spacial score (nSPS) is 30.1. The van der Waals surface area contributed by atoms with Gasteiger partial charge in [0.1, 0.15) is 5.01 Å². The third-order valence-corrected chi connectivity index (χ3v) is 8.98. The van der Waals surface area contributed by atoms with Crippen LogP contribution >= 0.6 is 11.3 Å². The number of ether oxygens (including phenoxy) is 4. The number of amides is 1. The third-order valence-electron chi connectivity index (χ3n) is 8.03. The van der Waals surface area contributed by atoms with Crippen LogP contribution in [0.4, 0.5) is 4.79 Å². The number of methoxy groups -OCH3 is 2. The van der Waals surface area contributed by atoms with Gasteiger partial charge in [-0.1, -0.05) is 106 Å². The molecule has 2 rings (SSSR count). The minimum absolute atomic E-state index is 0.00529. The molecule has 0 fully saturated rings. The third kappa shape index (κ3) is 15.7. The molecule has 0 spiro atoms. The van der Waals surface area contributed by atoms with Crippen LogP contribution in [0.15, 0.2) is 88.9 Å². The van der Waals surface area contributed by atoms with Crippen molar-refractivity contribution in [2.45, 2.75) is 98.6 Å². The second-order valence-corrected chi connectivity index (χ2v) is 13.9. The number of hydrogen-bond donors (Lipinski definition) is 1. The number of allylic oxidation sites excluding steroid dienone is 9. The molecule has 1 aliphatic rings. The maximum Gasteiger partial charge on any atom is 0.407 e. The van der Waals surface area contributed by atoms with E-state index in [1.165, 1.54) is 24.0 Å². The van der Waals surface area contributed by atoms with Crippen LogP contribution in [0.5, 0.6) is 0 Å². The van der Waals surface area contributed by atoms with E-state index in [2.05, 4.69) is 62.5 Å². The van der Waals surface area contributed by atoms with Gasteiger partial charge in [-0.05, 0) is 58.3 Å². The van der Waals surface area contributed by atoms with Gasteiger partial charge < -0.3 is 24.3 Å². The van der Waals surface area contributed by atoms with Crippen molar-refractivity contribution < 1.29 is 28.5 Å². The summed E-state index contributed by atoms with van der Waals surface area (Å²) in [6.07, 6.45) is 24.0. The van der Waals surface area contributed by atoms with E-state index in [1.807, 2.05) is 56.5 Å². The van der Waals surface area contributed by atoms with Gasteiger partial charge in [-0.3, -0.25) is 0 Å². The van der Waals surface area contributed by atoms with E-state index in [9.17, 15) is 9.59 Å². The Morgan fingerprint density at radius 1 is 1.02 bits per heavy atom. The Bertz CT molecular complexity index is 1400. The fourth-order valence-corrected chi connectivity index (χ4v) is 6.08. The molecule has 0 aromatic carbocycles. The first-order valence-electron chi connectivity index (χ1n) is 17.2. The quantitative estimate of drug-likeness (QED) is 0.284. The number of carbonyl (C=O) groups excluding carboxylic acids is 2. The molecule has 1 aliphatic heterocycles. The van der Waals surface area contributed by atoms with Gasteiger partial charge in [0.25, 0.3) is 0 Å². The van der Waals surface area contributed by atoms with Crippen molar-refractivity contribution in [3.05, 3.63) is 99.6 Å². The Hall–Kier alpha value is -3.53. The second-order valence-electron chi connectivity index (χ2n) is 13.0. The van der Waals surface area contributed by atoms with E-state index in [4.69, 9.17) is 23.9 Å². The van der Waals surface area contributed by atoms with Crippen LogP contribution < -0.4 is 5.32 Å². The highest BCUT2D eigenvalue weighted by molar-refractivity contribution is 7.09. The summed E-state index contributed by atoms with van der Waals surface area (Å²) in [5, 5.41) is 5.08. The number of nitrogens with one attached hydrogen (secondary N) is 1. The molecule has 270 valence electrons. The highest BCUT2D eigenvalue weighted by atomic mass is 32.1. The van der Waals surface area contributed by atoms with Gasteiger partial charge in [0.05, 0.1) is 17.9 Å². The lowest BCUT2D eigenvalue weighted by molar-refractivity contribution is -0.146. The lowest BCUT2D eigenvalue weighted by atomic mass is 10.0. The molecule has 0 aliphatic carbocycles. The molecule has 0 radical (unpaired) electrons. The van der Waals surface area contributed by atoms with Crippen molar-refractivity contribution in [2.24, 2.45) is 17.8 Å². The summed E-state index contributed by atoms with van der Waals surface area (Å²) in [6, 6.07) is 0. The van der Waals surface area contributed by atoms with Crippen LogP contribution in [0.25, 0.3) is 0 Å². The molecule has 0 saturated heterocycles. The van der Waals surface area contributed by atoms with Crippen LogP contribution in [0.1, 0.15) is 97.1 Å². The van der Waals surface area contributed by atoms with Gasteiger partial charge in [0.15, 0.2) is 12.2 Å². The van der Waals surface area contributed by atoms with E-state index < -0.39 is 24.3 Å². The average Bonchev–Trinajstić information content (AvgIpc) is 3.55. The number of hydrogen-bond acceptors (Lipinski definition) is 8. The summed E-state index contributed by atoms with van der Waals surface area (Å²) in [7, 11) is 4.97. The number of esters is 1. The van der Waals surface area contributed by atoms with Gasteiger partial charge in [-0.15, -0.1) is 11.3 Å². The topological polar surface area (TPSA) is 96.0 Å². The molecule has 1 aromatic rings. The summed E-state index contributed by atoms with van der Waals surface area (Å²) in [5.41, 5.74) is 3.41. The maximum absolute atomic E-state index is 13.5. The van der Waals surface area contributed by atoms with Crippen molar-refractivity contribution in [2.75, 3.05) is 21.3 Å². The van der Waals surface area contributed by atoms with Crippen LogP contribution in [0.2, 0.25) is 0 Å². The number of nitrogens with zero attached hydrogens (tertiary/aromatic N) is 1. The summed E-state index contributed by atoms with van der Waals surface area (Å²) >= 11 is 1.40. The smallest absolute Gasteiger partial charge is 0.407 e. The van der Waals surface area contributed by atoms with Gasteiger partial charge in [-0.2, -0.15) is 0 Å². The predicted molar refractivity (Wildman–Crippen MR) is 200 cm³/mol. The number of alkyl carbamates (subject to hydrolysis) is 1. The highest BCUT2D eigenvalue weighted by Crippen LogP contribution is 2.34. The number of carbonyl (C=O) groups is 2. The minimum atomic E-state index is -0.655. The van der Waals surface area contributed by atoms with E-state index >= 15 is 0 Å². The minimum Gasteiger partial charge on any atom is -0.452 e. The molecule has 8 nitrogen and oxygen atoms in total. The summed E-state index contributed by atoms with van der Waals surface area (Å²) < 4.78 is 23.2. The van der Waals surface area contributed by atoms with Crippen LogP contribution in [-0.4, -0.2) is 50.5 Å². The van der Waals surface area contributed by atoms with Gasteiger partial charge in [0.2, 0.25) is 0 Å². The Kier molecular flexibility index (Phi) is 18.9. The number of aromatic nitrogens is 1. The average molecular weight is 695 g/mol. The molecule has 1 aromatic heterocycles. The van der Waals surface area contributed by atoms with E-state index in [0.29, 0.717) is 22.7 Å². The van der Waals surface area contributed by atoms with Crippen molar-refractivity contribution in [1.29, 1.82) is 0 Å². The standard InChI is InChI=1S/C40H58N2O6S/c1-27(2)23-36(47-40(44)41-8)38-42-35(26-49-38)37-31(6)17-11-12-18-33(45-9)19-13-15-28(3)16-14-20-34(46-10)25-30(5)22-21-29(4)24-32(7)39(43)48-37/h11-12,14-18,21-22,24-27,29,31,33-34,36-37H,13,19-20,23H2,1-10H3,(H,41,44)/b16-14+,17-11+,18-12+,22-21+,28-15-,30-25+,32-24+/t29-,31+,33-,34+,36?,37+/m1/s1. The molecule has 0 bridgehead atoms. The molecule has 1 unspecified atom stereocenters. The molecule has 9 heteroatoms. The second kappa shape index (κ2) is 22.2. The molecule has 1 amide bonds. The molecular formula is C40H58N2O6S. The Morgan fingerprint density at radius 3 is 2.41 bits per heavy atom. The van der Waals surface area contributed by atoms with E-state index in [1.54, 1.807) is 21.1 Å². The monoisotopic (exact) mass is 694 g/mol. The predicted octanol–water partition coefficient (Wildman–Crippen LogP) is 9.72. The molecular weight excluding hydrogens is 637 g/mol. The van der Waals surface area contributed by atoms with Gasteiger partial charge >= 0.3 is 12.1 Å². The molecule has 0 saturated carbocycles. The SMILES string of the molecule is CNC(=O)OC(CC(C)C)c1nc([C@H]2OC(=O)/C(C)=C/[C@H](C)/C=C/C(C)=C/[C@@H](OC)C/C=C/C(C)=C\CC[C@H](OC)/C=C/C=C/[C@@H]2C)cs1. The molecule has 1 N–H and O–H groups in total. The lowest BCUT2D eigenvalue weighted by Crippen LogP contribution is -2.23. The number of rotatable bonds is 7. The van der Waals surface area contributed by atoms with Crippen LogP contribution in [0.3, 0.4) is 0 Å². The summed E-state index contributed by atoms with van der Waals surface area (Å²) in [5.74, 6) is -0.346. The van der Waals surface area contributed by atoms with Crippen LogP contribution in [0, 0.1) is 17.8 Å². The lowest BCUT2D eigenvalue weighted by Gasteiger charge is -2.21. The van der Waals surface area contributed by atoms with Crippen molar-refractivity contribution in [3.63, 3.8) is 0 Å². The first-order valence-corrected chi connectivity index (χ1v) is 18.1. The largest absolute Gasteiger partial charge is 0.452 e. The highest BCUT2D eigenvalue weighted by Gasteiger charge is 2.28. The fraction of sp³-hybridized carbons (Fsp3) is 0.525. The molecule has 2 heterocycles. The van der Waals surface area contributed by atoms with E-state index in [-0.39, 0.29) is 30.0 Å². The molecule has 49 heavy (non-hydrogen) atoms. The zero-order valence-electron chi connectivity index (χ0n) is 31.1. The summed E-state index contributed by atoms with van der Waals surface area (Å²) in [4.78, 5) is 30.5. The first kappa shape index (κ1) is 41.6. The van der Waals surface area contributed by atoms with Crippen molar-refractivity contribution in [1.82, 2.24) is 10.3 Å². The number of cyclic esters (lactones) is 1. The zero-order valence-corrected chi connectivity index (χ0v) is 31.9. The zero-order chi connectivity index (χ0) is 36.3. The van der Waals surface area contributed by atoms with Gasteiger partial charge in [0, 0.05) is 38.1 Å². The van der Waals surface area contributed by atoms with Crippen molar-refractivity contribution >= 4 is 23.4 Å². The van der Waals surface area contributed by atoms with Crippen molar-refractivity contribution in [3.8, 4) is 0 Å². The summed E-state index contributed by atoms with van der Waals surface area (Å²) in [6.45, 7) is 14.1. The fourth-order valence-electron chi connectivity index (χ4n) is 5.20. The maximum atomic E-state index is 13.5. The Morgan fingerprint density at radius 2 is 1.73 bits per heavy atom. The van der Waals surface area contributed by atoms with E-state index in [0.717, 1.165) is 24.8 Å². The first-order chi connectivity index (χ1) is 23.4. The Labute approximate surface area is 298 Å². The Balaban J connectivity index is 2.48. The van der Waals surface area contributed by atoms with Crippen LogP contribution in [-0.2, 0) is 23.7 Å². The number of thiazole rings is 1. The van der Waals surface area contributed by atoms with Gasteiger partial charge in [-0.25, -0.2) is 14.6 Å².